The lowest BCUT2D eigenvalue weighted by Crippen LogP contribution is -2.44. The van der Waals surface area contributed by atoms with Gasteiger partial charge in [-0.3, -0.25) is 9.20 Å². The Hall–Kier alpha value is -2.08. The lowest BCUT2D eigenvalue weighted by Gasteiger charge is -2.36. The van der Waals surface area contributed by atoms with Crippen molar-refractivity contribution in [1.82, 2.24) is 14.3 Å². The number of fused-ring (bicyclic) bond motifs is 1. The van der Waals surface area contributed by atoms with E-state index in [1.165, 1.54) is 0 Å². The lowest BCUT2D eigenvalue weighted by molar-refractivity contribution is -0.139. The summed E-state index contributed by atoms with van der Waals surface area (Å²) in [5.41, 5.74) is 1.98. The van der Waals surface area contributed by atoms with Crippen LogP contribution in [0, 0.1) is 5.92 Å². The molecule has 1 amide bonds. The molecule has 4 rings (SSSR count). The maximum atomic E-state index is 13.0. The van der Waals surface area contributed by atoms with Crippen LogP contribution in [-0.2, 0) is 9.53 Å². The largest absolute Gasteiger partial charge is 0.381 e. The third-order valence-corrected chi connectivity index (χ3v) is 5.74. The predicted molar refractivity (Wildman–Crippen MR) is 111 cm³/mol. The van der Waals surface area contributed by atoms with Crippen LogP contribution in [0.5, 0.6) is 0 Å². The molecule has 0 aromatic carbocycles. The normalized spacial score (nSPS) is 21.8. The number of imidazole rings is 1. The Kier molecular flexibility index (Phi) is 5.32. The minimum Gasteiger partial charge on any atom is -0.381 e. The van der Waals surface area contributed by atoms with Crippen LogP contribution in [0.1, 0.15) is 58.1 Å². The summed E-state index contributed by atoms with van der Waals surface area (Å²) in [5.74, 6) is 1.76. The van der Waals surface area contributed by atoms with Crippen LogP contribution in [0.4, 0.5) is 5.82 Å². The zero-order chi connectivity index (χ0) is 19.7. The third-order valence-electron chi connectivity index (χ3n) is 5.74. The smallest absolute Gasteiger partial charge is 0.225 e. The van der Waals surface area contributed by atoms with Gasteiger partial charge >= 0.3 is 0 Å². The third kappa shape index (κ3) is 4.02. The van der Waals surface area contributed by atoms with Crippen LogP contribution in [0.25, 0.3) is 5.65 Å². The summed E-state index contributed by atoms with van der Waals surface area (Å²) in [4.78, 5) is 20.1. The highest BCUT2D eigenvalue weighted by molar-refractivity contribution is 5.79. The minimum atomic E-state index is -0.0627. The number of ether oxygens (including phenoxy) is 1. The molecule has 2 aliphatic rings. The molecule has 2 fully saturated rings. The molecule has 0 aliphatic carbocycles. The summed E-state index contributed by atoms with van der Waals surface area (Å²) < 4.78 is 7.57. The first-order chi connectivity index (χ1) is 13.4. The molecule has 6 heteroatoms. The van der Waals surface area contributed by atoms with E-state index < -0.39 is 0 Å². The van der Waals surface area contributed by atoms with E-state index in [4.69, 9.17) is 9.72 Å². The number of piperidine rings is 1. The molecular weight excluding hydrogens is 352 g/mol. The molecule has 0 radical (unpaired) electrons. The summed E-state index contributed by atoms with van der Waals surface area (Å²) in [6, 6.07) is 6.11. The van der Waals surface area contributed by atoms with Gasteiger partial charge in [-0.05, 0) is 58.6 Å². The molecular formula is C22H32N4O2. The first-order valence-electron chi connectivity index (χ1n) is 10.5. The Morgan fingerprint density at radius 1 is 1.21 bits per heavy atom. The van der Waals surface area contributed by atoms with Gasteiger partial charge in [0.15, 0.2) is 0 Å². The summed E-state index contributed by atoms with van der Waals surface area (Å²) in [6.07, 6.45) is 5.87. The van der Waals surface area contributed by atoms with E-state index in [0.29, 0.717) is 19.1 Å². The van der Waals surface area contributed by atoms with Crippen LogP contribution in [0.15, 0.2) is 24.4 Å². The summed E-state index contributed by atoms with van der Waals surface area (Å²) >= 11 is 0. The second kappa shape index (κ2) is 7.74. The highest BCUT2D eigenvalue weighted by atomic mass is 16.5. The molecule has 4 heterocycles. The number of rotatable bonds is 3. The topological polar surface area (TPSA) is 58.9 Å². The quantitative estimate of drug-likeness (QED) is 0.877. The zero-order valence-corrected chi connectivity index (χ0v) is 17.3. The van der Waals surface area contributed by atoms with Gasteiger partial charge in [0.25, 0.3) is 0 Å². The maximum absolute atomic E-state index is 13.0. The fourth-order valence-electron chi connectivity index (χ4n) is 4.38. The number of carbonyl (C=O) groups is 1. The number of anilines is 1. The Morgan fingerprint density at radius 3 is 2.75 bits per heavy atom. The number of hydrogen-bond donors (Lipinski definition) is 1. The molecule has 0 saturated carbocycles. The molecule has 0 unspecified atom stereocenters. The predicted octanol–water partition coefficient (Wildman–Crippen LogP) is 3.68. The summed E-state index contributed by atoms with van der Waals surface area (Å²) in [7, 11) is 0. The van der Waals surface area contributed by atoms with Crippen LogP contribution < -0.4 is 5.32 Å². The van der Waals surface area contributed by atoms with Gasteiger partial charge in [-0.2, -0.15) is 0 Å². The number of likely N-dealkylation sites (tertiary alicyclic amines) is 1. The van der Waals surface area contributed by atoms with E-state index in [9.17, 15) is 4.79 Å². The minimum absolute atomic E-state index is 0.0627. The van der Waals surface area contributed by atoms with Crippen LogP contribution in [0.2, 0.25) is 0 Å². The second-order valence-corrected chi connectivity index (χ2v) is 9.16. The number of aromatic nitrogens is 2. The molecule has 0 bridgehead atoms. The zero-order valence-electron chi connectivity index (χ0n) is 17.3. The van der Waals surface area contributed by atoms with Gasteiger partial charge in [0, 0.05) is 49.9 Å². The van der Waals surface area contributed by atoms with E-state index in [0.717, 1.165) is 55.9 Å². The average molecular weight is 385 g/mol. The van der Waals surface area contributed by atoms with Gasteiger partial charge in [-0.15, -0.1) is 0 Å². The van der Waals surface area contributed by atoms with Gasteiger partial charge in [0.2, 0.25) is 5.91 Å². The van der Waals surface area contributed by atoms with Crippen LogP contribution in [0.3, 0.4) is 0 Å². The van der Waals surface area contributed by atoms with E-state index in [1.807, 2.05) is 18.2 Å². The van der Waals surface area contributed by atoms with Crippen molar-refractivity contribution in [2.45, 2.75) is 57.9 Å². The number of amides is 1. The highest BCUT2D eigenvalue weighted by Crippen LogP contribution is 2.34. The summed E-state index contributed by atoms with van der Waals surface area (Å²) in [5, 5.41) is 3.66. The Morgan fingerprint density at radius 2 is 2.00 bits per heavy atom. The second-order valence-electron chi connectivity index (χ2n) is 9.16. The Bertz CT molecular complexity index is 833. The molecule has 2 aromatic heterocycles. The van der Waals surface area contributed by atoms with Crippen molar-refractivity contribution >= 4 is 17.4 Å². The van der Waals surface area contributed by atoms with Crippen LogP contribution >= 0.6 is 0 Å². The van der Waals surface area contributed by atoms with E-state index in [2.05, 4.69) is 41.6 Å². The van der Waals surface area contributed by atoms with Gasteiger partial charge in [-0.1, -0.05) is 6.07 Å². The fourth-order valence-corrected chi connectivity index (χ4v) is 4.38. The van der Waals surface area contributed by atoms with Crippen LogP contribution in [-0.4, -0.2) is 52.0 Å². The molecule has 28 heavy (non-hydrogen) atoms. The summed E-state index contributed by atoms with van der Waals surface area (Å²) in [6.45, 7) is 9.55. The van der Waals surface area contributed by atoms with Crippen molar-refractivity contribution in [3.63, 3.8) is 0 Å². The van der Waals surface area contributed by atoms with E-state index in [-0.39, 0.29) is 17.4 Å². The molecule has 2 aliphatic heterocycles. The molecule has 1 N–H and O–H groups in total. The van der Waals surface area contributed by atoms with Crippen molar-refractivity contribution in [3.05, 3.63) is 30.1 Å². The van der Waals surface area contributed by atoms with Gasteiger partial charge in [-0.25, -0.2) is 4.98 Å². The molecule has 2 saturated heterocycles. The van der Waals surface area contributed by atoms with E-state index in [1.54, 1.807) is 0 Å². The number of nitrogens with one attached hydrogen (secondary N) is 1. The van der Waals surface area contributed by atoms with Crippen molar-refractivity contribution in [1.29, 1.82) is 0 Å². The number of pyridine rings is 1. The average Bonchev–Trinajstić information content (AvgIpc) is 3.05. The Balaban J connectivity index is 1.60. The van der Waals surface area contributed by atoms with Gasteiger partial charge < -0.3 is 15.0 Å². The van der Waals surface area contributed by atoms with Gasteiger partial charge in [0.1, 0.15) is 11.5 Å². The SMILES string of the molecule is CC(C)(C)Nc1c([C@H]2CCCN(C(=O)C3CCOCC3)C2)nc2ccccn12. The molecule has 0 spiro atoms. The molecule has 1 atom stereocenters. The van der Waals surface area contributed by atoms with Crippen molar-refractivity contribution in [3.8, 4) is 0 Å². The first-order valence-corrected chi connectivity index (χ1v) is 10.5. The van der Waals surface area contributed by atoms with E-state index >= 15 is 0 Å². The number of hydrogen-bond acceptors (Lipinski definition) is 4. The van der Waals surface area contributed by atoms with Crippen molar-refractivity contribution < 1.29 is 9.53 Å². The Labute approximate surface area is 167 Å². The fraction of sp³-hybridized carbons (Fsp3) is 0.636. The highest BCUT2D eigenvalue weighted by Gasteiger charge is 2.33. The van der Waals surface area contributed by atoms with Crippen molar-refractivity contribution in [2.75, 3.05) is 31.6 Å². The first kappa shape index (κ1) is 19.2. The standard InChI is InChI=1S/C22H32N4O2/c1-22(2,3)24-20-19(23-18-8-4-5-12-26(18)20)17-7-6-11-25(15-17)21(27)16-9-13-28-14-10-16/h4-5,8,12,16-17,24H,6-7,9-11,13-15H2,1-3H3/t17-/m0/s1. The van der Waals surface area contributed by atoms with Crippen molar-refractivity contribution in [2.24, 2.45) is 5.92 Å². The number of carbonyl (C=O) groups excluding carboxylic acids is 1. The monoisotopic (exact) mass is 384 g/mol. The maximum Gasteiger partial charge on any atom is 0.225 e. The number of nitrogens with zero attached hydrogens (tertiary/aromatic N) is 3. The van der Waals surface area contributed by atoms with Gasteiger partial charge in [0.05, 0.1) is 5.69 Å². The molecule has 2 aromatic rings. The lowest BCUT2D eigenvalue weighted by atomic mass is 9.91. The molecule has 6 nitrogen and oxygen atoms in total. The molecule has 152 valence electrons.